The summed E-state index contributed by atoms with van der Waals surface area (Å²) < 4.78 is 3.46. The molecule has 2 N–H and O–H groups in total. The third kappa shape index (κ3) is 2.56. The molecule has 2 fully saturated rings. The van der Waals surface area contributed by atoms with E-state index in [2.05, 4.69) is 20.2 Å². The van der Waals surface area contributed by atoms with Crippen molar-refractivity contribution < 1.29 is 0 Å². The van der Waals surface area contributed by atoms with E-state index in [1.54, 1.807) is 7.05 Å². The molecule has 2 aromatic heterocycles. The van der Waals surface area contributed by atoms with Crippen molar-refractivity contribution in [3.63, 3.8) is 0 Å². The van der Waals surface area contributed by atoms with Crippen LogP contribution < -0.4 is 21.5 Å². The Hall–Kier alpha value is -1.45. The van der Waals surface area contributed by atoms with Crippen LogP contribution in [0.4, 0.5) is 5.95 Å². The van der Waals surface area contributed by atoms with Crippen molar-refractivity contribution in [1.82, 2.24) is 24.4 Å². The quantitative estimate of drug-likeness (QED) is 0.755. The smallest absolute Gasteiger partial charge is 0.329 e. The van der Waals surface area contributed by atoms with Gasteiger partial charge in [-0.3, -0.25) is 18.9 Å². The molecule has 2 aromatic rings. The van der Waals surface area contributed by atoms with Gasteiger partial charge in [0.25, 0.3) is 5.56 Å². The van der Waals surface area contributed by atoms with E-state index in [-0.39, 0.29) is 24.0 Å². The van der Waals surface area contributed by atoms with Crippen LogP contribution in [0.25, 0.3) is 11.2 Å². The summed E-state index contributed by atoms with van der Waals surface area (Å²) in [4.78, 5) is 33.4. The second-order valence-corrected chi connectivity index (χ2v) is 6.78. The lowest BCUT2D eigenvalue weighted by Gasteiger charge is -2.33. The molecule has 4 heterocycles. The number of anilines is 1. The fourth-order valence-electron chi connectivity index (χ4n) is 3.00. The van der Waals surface area contributed by atoms with E-state index >= 15 is 0 Å². The van der Waals surface area contributed by atoms with E-state index in [1.165, 1.54) is 4.57 Å². The maximum Gasteiger partial charge on any atom is 0.329 e. The van der Waals surface area contributed by atoms with Crippen LogP contribution in [0.2, 0.25) is 0 Å². The van der Waals surface area contributed by atoms with Gasteiger partial charge in [0.05, 0.1) is 6.04 Å². The lowest BCUT2D eigenvalue weighted by atomic mass is 10.3. The second kappa shape index (κ2) is 6.21. The average Bonchev–Trinajstić information content (AvgIpc) is 2.85. The molecule has 2 aliphatic rings. The highest BCUT2D eigenvalue weighted by Crippen LogP contribution is 2.35. The number of aromatic amines is 1. The summed E-state index contributed by atoms with van der Waals surface area (Å²) in [5, 5.41) is 3.32. The molecular weight excluding hydrogens is 340 g/mol. The molecule has 10 heteroatoms. The number of halogens is 1. The number of nitrogens with one attached hydrogen (secondary N) is 2. The van der Waals surface area contributed by atoms with Crippen molar-refractivity contribution in [1.29, 1.82) is 0 Å². The number of piperazine rings is 1. The maximum atomic E-state index is 12.3. The van der Waals surface area contributed by atoms with Gasteiger partial charge in [0.1, 0.15) is 0 Å². The number of fused-ring (bicyclic) bond motifs is 1. The van der Waals surface area contributed by atoms with Gasteiger partial charge in [0, 0.05) is 44.7 Å². The minimum atomic E-state index is -0.419. The Labute approximate surface area is 142 Å². The summed E-state index contributed by atoms with van der Waals surface area (Å²) in [7, 11) is 1.65. The molecule has 0 amide bonds. The van der Waals surface area contributed by atoms with Crippen LogP contribution >= 0.6 is 24.2 Å². The molecule has 0 bridgehead atoms. The standard InChI is InChI=1S/C13H18N6O2S.ClH/c1-17-10-9(11(20)16-13(17)21)19(8-6-22-7-8)12(15-10)18-4-2-14-3-5-18;/h8,14H,2-7H2,1H3,(H,16,20,21);1H. The molecule has 0 unspecified atom stereocenters. The van der Waals surface area contributed by atoms with Gasteiger partial charge in [-0.25, -0.2) is 4.79 Å². The molecule has 0 aliphatic carbocycles. The van der Waals surface area contributed by atoms with Crippen LogP contribution in [0.5, 0.6) is 0 Å². The summed E-state index contributed by atoms with van der Waals surface area (Å²) in [6, 6.07) is 0.276. The zero-order valence-corrected chi connectivity index (χ0v) is 14.4. The Bertz CT molecular complexity index is 833. The normalized spacial score (nSPS) is 18.7. The van der Waals surface area contributed by atoms with Gasteiger partial charge in [-0.2, -0.15) is 16.7 Å². The largest absolute Gasteiger partial charge is 0.340 e. The number of nitrogens with zero attached hydrogens (tertiary/aromatic N) is 4. The monoisotopic (exact) mass is 358 g/mol. The number of rotatable bonds is 2. The Morgan fingerprint density at radius 2 is 1.91 bits per heavy atom. The van der Waals surface area contributed by atoms with E-state index < -0.39 is 5.69 Å². The molecule has 23 heavy (non-hydrogen) atoms. The third-order valence-electron chi connectivity index (χ3n) is 4.32. The molecular formula is C13H19ClN6O2S. The number of thioether (sulfide) groups is 1. The maximum absolute atomic E-state index is 12.3. The molecule has 0 radical (unpaired) electrons. The van der Waals surface area contributed by atoms with Crippen LogP contribution in [-0.2, 0) is 7.05 Å². The fourth-order valence-corrected chi connectivity index (χ4v) is 3.74. The number of hydrogen-bond acceptors (Lipinski definition) is 6. The van der Waals surface area contributed by atoms with Crippen molar-refractivity contribution >= 4 is 41.3 Å². The van der Waals surface area contributed by atoms with Crippen molar-refractivity contribution in [3.05, 3.63) is 20.8 Å². The van der Waals surface area contributed by atoms with E-state index in [9.17, 15) is 9.59 Å². The molecule has 2 aliphatic heterocycles. The van der Waals surface area contributed by atoms with Gasteiger partial charge in [-0.15, -0.1) is 12.4 Å². The molecule has 2 saturated heterocycles. The van der Waals surface area contributed by atoms with Gasteiger partial charge in [0.2, 0.25) is 5.95 Å². The predicted octanol–water partition coefficient (Wildman–Crippen LogP) is -0.457. The Kier molecular flexibility index (Phi) is 4.43. The fraction of sp³-hybridized carbons (Fsp3) is 0.615. The SMILES string of the molecule is Cl.Cn1c(=O)[nH]c(=O)c2c1nc(N1CCNCC1)n2C1CSC1. The number of aromatic nitrogens is 4. The molecule has 0 spiro atoms. The highest BCUT2D eigenvalue weighted by molar-refractivity contribution is 8.00. The van der Waals surface area contributed by atoms with E-state index in [4.69, 9.17) is 0 Å². The molecule has 126 valence electrons. The summed E-state index contributed by atoms with van der Waals surface area (Å²) in [6.45, 7) is 3.51. The van der Waals surface area contributed by atoms with Crippen LogP contribution in [0.3, 0.4) is 0 Å². The summed E-state index contributed by atoms with van der Waals surface area (Å²) in [5.41, 5.74) is 0.223. The molecule has 0 saturated carbocycles. The number of imidazole rings is 1. The Balaban J connectivity index is 0.00000156. The van der Waals surface area contributed by atoms with Gasteiger partial charge in [-0.05, 0) is 0 Å². The Morgan fingerprint density at radius 1 is 1.22 bits per heavy atom. The first-order valence-electron chi connectivity index (χ1n) is 7.41. The van der Waals surface area contributed by atoms with Crippen molar-refractivity contribution in [2.24, 2.45) is 7.05 Å². The predicted molar refractivity (Wildman–Crippen MR) is 94.3 cm³/mol. The lowest BCUT2D eigenvalue weighted by molar-refractivity contribution is 0.545. The minimum Gasteiger partial charge on any atom is -0.340 e. The van der Waals surface area contributed by atoms with E-state index in [0.29, 0.717) is 11.2 Å². The van der Waals surface area contributed by atoms with E-state index in [0.717, 1.165) is 43.6 Å². The molecule has 8 nitrogen and oxygen atoms in total. The van der Waals surface area contributed by atoms with Crippen LogP contribution in [0, 0.1) is 0 Å². The summed E-state index contributed by atoms with van der Waals surface area (Å²) in [6.07, 6.45) is 0. The van der Waals surface area contributed by atoms with E-state index in [1.807, 2.05) is 16.3 Å². The zero-order chi connectivity index (χ0) is 15.3. The highest BCUT2D eigenvalue weighted by Gasteiger charge is 2.30. The number of hydrogen-bond donors (Lipinski definition) is 2. The average molecular weight is 359 g/mol. The topological polar surface area (TPSA) is 87.9 Å². The van der Waals surface area contributed by atoms with Crippen LogP contribution in [-0.4, -0.2) is 56.8 Å². The van der Waals surface area contributed by atoms with Gasteiger partial charge >= 0.3 is 5.69 Å². The highest BCUT2D eigenvalue weighted by atomic mass is 35.5. The summed E-state index contributed by atoms with van der Waals surface area (Å²) >= 11 is 1.86. The first-order valence-corrected chi connectivity index (χ1v) is 8.57. The molecule has 0 atom stereocenters. The van der Waals surface area contributed by atoms with Crippen molar-refractivity contribution in [2.75, 3.05) is 42.6 Å². The zero-order valence-electron chi connectivity index (χ0n) is 12.7. The molecule has 0 aromatic carbocycles. The minimum absolute atomic E-state index is 0. The third-order valence-corrected chi connectivity index (χ3v) is 5.56. The van der Waals surface area contributed by atoms with Crippen molar-refractivity contribution in [3.8, 4) is 0 Å². The van der Waals surface area contributed by atoms with Crippen molar-refractivity contribution in [2.45, 2.75) is 6.04 Å². The lowest BCUT2D eigenvalue weighted by Crippen LogP contribution is -2.45. The first-order chi connectivity index (χ1) is 10.7. The van der Waals surface area contributed by atoms with Gasteiger partial charge in [-0.1, -0.05) is 0 Å². The van der Waals surface area contributed by atoms with Gasteiger partial charge < -0.3 is 10.2 Å². The molecule has 4 rings (SSSR count). The van der Waals surface area contributed by atoms with Gasteiger partial charge in [0.15, 0.2) is 11.2 Å². The first kappa shape index (κ1) is 16.4. The van der Waals surface area contributed by atoms with Crippen LogP contribution in [0.15, 0.2) is 9.59 Å². The number of H-pyrrole nitrogens is 1. The van der Waals surface area contributed by atoms with Crippen LogP contribution in [0.1, 0.15) is 6.04 Å². The summed E-state index contributed by atoms with van der Waals surface area (Å²) in [5.74, 6) is 2.77. The second-order valence-electron chi connectivity index (χ2n) is 5.70. The number of aryl methyl sites for hydroxylation is 1. The Morgan fingerprint density at radius 3 is 2.52 bits per heavy atom.